The second kappa shape index (κ2) is 10.1. The predicted octanol–water partition coefficient (Wildman–Crippen LogP) is 9.55. The molecule has 3 aromatic carbocycles. The molecule has 0 amide bonds. The van der Waals surface area contributed by atoms with Gasteiger partial charge in [0.15, 0.2) is 11.4 Å². The molecule has 0 unspecified atom stereocenters. The van der Waals surface area contributed by atoms with Crippen molar-refractivity contribution in [3.63, 3.8) is 0 Å². The number of aryl methyl sites for hydroxylation is 3. The van der Waals surface area contributed by atoms with Gasteiger partial charge in [-0.25, -0.2) is 4.57 Å². The Morgan fingerprint density at radius 3 is 1.80 bits per heavy atom. The molecule has 2 heterocycles. The van der Waals surface area contributed by atoms with Crippen LogP contribution in [0.2, 0.25) is 0 Å². The van der Waals surface area contributed by atoms with E-state index in [4.69, 9.17) is 0 Å². The summed E-state index contributed by atoms with van der Waals surface area (Å²) in [6.07, 6.45) is 13.6. The molecule has 3 aliphatic rings. The van der Waals surface area contributed by atoms with E-state index in [0.29, 0.717) is 11.8 Å². The maximum Gasteiger partial charge on any atom is 0.296 e. The fourth-order valence-corrected chi connectivity index (χ4v) is 9.19. The summed E-state index contributed by atoms with van der Waals surface area (Å²) in [7, 11) is 0. The van der Waals surface area contributed by atoms with Crippen LogP contribution in [0.5, 0.6) is 0 Å². The number of rotatable bonds is 4. The van der Waals surface area contributed by atoms with E-state index in [2.05, 4.69) is 104 Å². The summed E-state index contributed by atoms with van der Waals surface area (Å²) in [5.74, 6) is 2.75. The zero-order valence-electron chi connectivity index (χ0n) is 25.0. The van der Waals surface area contributed by atoms with E-state index in [0.717, 1.165) is 0 Å². The number of imidazole rings is 1. The van der Waals surface area contributed by atoms with Crippen molar-refractivity contribution in [2.24, 2.45) is 11.8 Å². The molecule has 4 aromatic rings. The molecule has 0 atom stereocenters. The second-order valence-corrected chi connectivity index (χ2v) is 13.0. The maximum absolute atomic E-state index is 2.96. The number of nitrogens with zero attached hydrogens (tertiary/aromatic N) is 2. The number of hydrogen-bond donors (Lipinski definition) is 0. The van der Waals surface area contributed by atoms with E-state index in [9.17, 15) is 0 Å². The highest BCUT2D eigenvalue weighted by molar-refractivity contribution is 5.75. The Labute approximate surface area is 241 Å². The van der Waals surface area contributed by atoms with Crippen molar-refractivity contribution in [1.82, 2.24) is 4.57 Å². The third-order valence-electron chi connectivity index (χ3n) is 10.8. The molecule has 0 bridgehead atoms. The lowest BCUT2D eigenvalue weighted by Crippen LogP contribution is -2.64. The summed E-state index contributed by atoms with van der Waals surface area (Å²) in [6, 6.07) is 25.5. The van der Waals surface area contributed by atoms with Crippen molar-refractivity contribution < 1.29 is 4.57 Å². The van der Waals surface area contributed by atoms with Gasteiger partial charge in [-0.15, -0.1) is 0 Å². The number of benzene rings is 3. The van der Waals surface area contributed by atoms with E-state index in [-0.39, 0.29) is 5.54 Å². The minimum absolute atomic E-state index is 0.00944. The molecule has 2 saturated carbocycles. The quantitative estimate of drug-likeness (QED) is 0.233. The van der Waals surface area contributed by atoms with Gasteiger partial charge in [0.1, 0.15) is 11.2 Å². The molecule has 0 radical (unpaired) electrons. The standard InChI is InChI=1S/C38H45N2/c1-26-16-11-14-25-34(26)39-29(4)36-32-23-12-13-24-33(32)38(30-19-7-5-8-20-30,31-21-9-6-10-22-31)40(36)37(39)35-27(2)17-15-18-28(35)3/h11-18,23-25,30-31H,5-10,19-22H2,1-4H3/q+1. The Balaban J connectivity index is 1.67. The van der Waals surface area contributed by atoms with Crippen LogP contribution in [-0.2, 0) is 5.54 Å². The van der Waals surface area contributed by atoms with Gasteiger partial charge in [0.2, 0.25) is 0 Å². The van der Waals surface area contributed by atoms with Gasteiger partial charge < -0.3 is 0 Å². The van der Waals surface area contributed by atoms with Gasteiger partial charge in [0, 0.05) is 29.9 Å². The minimum atomic E-state index is 0.00944. The highest BCUT2D eigenvalue weighted by Crippen LogP contribution is 2.56. The molecule has 2 fully saturated rings. The Kier molecular flexibility index (Phi) is 6.49. The monoisotopic (exact) mass is 529 g/mol. The van der Waals surface area contributed by atoms with Crippen LogP contribution in [0.25, 0.3) is 28.3 Å². The lowest BCUT2D eigenvalue weighted by atomic mass is 9.61. The highest BCUT2D eigenvalue weighted by Gasteiger charge is 2.60. The smallest absolute Gasteiger partial charge is 0.212 e. The Bertz CT molecular complexity index is 1520. The topological polar surface area (TPSA) is 8.81 Å². The van der Waals surface area contributed by atoms with Crippen molar-refractivity contribution in [2.45, 2.75) is 97.4 Å². The molecule has 0 N–H and O–H groups in total. The molecule has 1 aromatic heterocycles. The molecular formula is C38H45N2+. The van der Waals surface area contributed by atoms with Crippen LogP contribution >= 0.6 is 0 Å². The summed E-state index contributed by atoms with van der Waals surface area (Å²) < 4.78 is 5.61. The van der Waals surface area contributed by atoms with Crippen LogP contribution in [0.1, 0.15) is 92.2 Å². The zero-order valence-corrected chi connectivity index (χ0v) is 25.0. The summed E-state index contributed by atoms with van der Waals surface area (Å²) in [6.45, 7) is 9.32. The van der Waals surface area contributed by atoms with Crippen LogP contribution < -0.4 is 4.57 Å². The van der Waals surface area contributed by atoms with Crippen molar-refractivity contribution in [3.8, 4) is 28.3 Å². The first-order chi connectivity index (χ1) is 19.5. The van der Waals surface area contributed by atoms with Gasteiger partial charge in [-0.3, -0.25) is 0 Å². The molecule has 2 heteroatoms. The van der Waals surface area contributed by atoms with Crippen molar-refractivity contribution >= 4 is 0 Å². The minimum Gasteiger partial charge on any atom is -0.212 e. The van der Waals surface area contributed by atoms with Crippen LogP contribution in [0.3, 0.4) is 0 Å². The van der Waals surface area contributed by atoms with Gasteiger partial charge in [0.05, 0.1) is 5.56 Å². The van der Waals surface area contributed by atoms with E-state index in [1.54, 1.807) is 5.56 Å². The van der Waals surface area contributed by atoms with E-state index in [1.165, 1.54) is 115 Å². The lowest BCUT2D eigenvalue weighted by molar-refractivity contribution is -0.747. The fraction of sp³-hybridized carbons (Fsp3) is 0.447. The number of para-hydroxylation sites is 1. The average Bonchev–Trinajstić information content (AvgIpc) is 3.45. The largest absolute Gasteiger partial charge is 0.296 e. The van der Waals surface area contributed by atoms with Gasteiger partial charge in [-0.05, 0) is 69.2 Å². The van der Waals surface area contributed by atoms with E-state index in [1.807, 2.05) is 0 Å². The van der Waals surface area contributed by atoms with Crippen molar-refractivity contribution in [1.29, 1.82) is 0 Å². The summed E-state index contributed by atoms with van der Waals surface area (Å²) in [5, 5.41) is 0. The molecule has 40 heavy (non-hydrogen) atoms. The van der Waals surface area contributed by atoms with Gasteiger partial charge in [-0.1, -0.05) is 99.2 Å². The molecule has 2 nitrogen and oxygen atoms in total. The van der Waals surface area contributed by atoms with Crippen LogP contribution in [0, 0.1) is 39.5 Å². The van der Waals surface area contributed by atoms with E-state index >= 15 is 0 Å². The molecule has 0 saturated heterocycles. The molecular weight excluding hydrogens is 484 g/mol. The summed E-state index contributed by atoms with van der Waals surface area (Å²) >= 11 is 0. The Hall–Kier alpha value is -3.13. The summed E-state index contributed by atoms with van der Waals surface area (Å²) in [4.78, 5) is 0. The molecule has 1 aliphatic heterocycles. The van der Waals surface area contributed by atoms with E-state index < -0.39 is 0 Å². The molecule has 206 valence electrons. The van der Waals surface area contributed by atoms with Crippen molar-refractivity contribution in [3.05, 3.63) is 94.7 Å². The zero-order chi connectivity index (χ0) is 27.4. The van der Waals surface area contributed by atoms with Crippen LogP contribution in [0.4, 0.5) is 0 Å². The van der Waals surface area contributed by atoms with Crippen LogP contribution in [0.15, 0.2) is 66.7 Å². The lowest BCUT2D eigenvalue weighted by Gasteiger charge is -2.46. The normalized spacial score (nSPS) is 19.0. The molecule has 2 aliphatic carbocycles. The fourth-order valence-electron chi connectivity index (χ4n) is 9.19. The maximum atomic E-state index is 2.96. The Morgan fingerprint density at radius 1 is 0.625 bits per heavy atom. The molecule has 0 spiro atoms. The second-order valence-electron chi connectivity index (χ2n) is 13.0. The Morgan fingerprint density at radius 2 is 1.18 bits per heavy atom. The number of aromatic nitrogens is 2. The first-order valence-corrected chi connectivity index (χ1v) is 16.0. The predicted molar refractivity (Wildman–Crippen MR) is 166 cm³/mol. The number of hydrogen-bond acceptors (Lipinski definition) is 0. The van der Waals surface area contributed by atoms with Gasteiger partial charge >= 0.3 is 0 Å². The first-order valence-electron chi connectivity index (χ1n) is 16.0. The average molecular weight is 530 g/mol. The number of fused-ring (bicyclic) bond motifs is 3. The van der Waals surface area contributed by atoms with Gasteiger partial charge in [0.25, 0.3) is 5.82 Å². The first kappa shape index (κ1) is 25.8. The summed E-state index contributed by atoms with van der Waals surface area (Å²) in [5.41, 5.74) is 12.8. The SMILES string of the molecule is Cc1ccccc1-n1c(C)c2[n+](c1-c1c(C)cccc1C)C(C1CCCCC1)(C1CCCCC1)c1ccccc1-2. The third kappa shape index (κ3) is 3.64. The molecule has 7 rings (SSSR count). The van der Waals surface area contributed by atoms with Crippen LogP contribution in [-0.4, -0.2) is 4.57 Å². The highest BCUT2D eigenvalue weighted by atomic mass is 15.3. The van der Waals surface area contributed by atoms with Gasteiger partial charge in [-0.2, -0.15) is 4.57 Å². The van der Waals surface area contributed by atoms with Crippen molar-refractivity contribution in [2.75, 3.05) is 0 Å². The third-order valence-corrected chi connectivity index (χ3v) is 10.8.